The molecule has 0 radical (unpaired) electrons. The van der Waals surface area contributed by atoms with Crippen LogP contribution in [-0.4, -0.2) is 169 Å². The van der Waals surface area contributed by atoms with Crippen LogP contribution in [0.1, 0.15) is 34.6 Å². The van der Waals surface area contributed by atoms with Crippen molar-refractivity contribution in [3.05, 3.63) is 0 Å². The third kappa shape index (κ3) is 659. The molecule has 124 valence electrons. The summed E-state index contributed by atoms with van der Waals surface area (Å²) in [4.78, 5) is 0. The first-order valence-corrected chi connectivity index (χ1v) is 9.46. The quantitative estimate of drug-likeness (QED) is 0.223. The van der Waals surface area contributed by atoms with Crippen molar-refractivity contribution in [1.82, 2.24) is 0 Å². The molecule has 0 rings (SSSR count). The first-order valence-electron chi connectivity index (χ1n) is 5.53. The monoisotopic (exact) mass is 718 g/mol. The minimum absolute atomic E-state index is 0. The summed E-state index contributed by atoms with van der Waals surface area (Å²) in [5, 5.41) is 44.7. The maximum Gasteiger partial charge on any atom is 2.00 e. The van der Waals surface area contributed by atoms with Gasteiger partial charge < -0.3 is 25.5 Å². The molecule has 0 aromatic rings. The largest absolute Gasteiger partial charge is 2.00 e. The molecule has 0 N–H and O–H groups in total. The van der Waals surface area contributed by atoms with Crippen LogP contribution in [0.25, 0.3) is 0 Å². The molecular weight excluding hydrogens is 692 g/mol. The van der Waals surface area contributed by atoms with Crippen molar-refractivity contribution >= 4 is 136 Å². The maximum atomic E-state index is 8.93. The Bertz CT molecular complexity index is 124. The van der Waals surface area contributed by atoms with E-state index in [4.69, 9.17) is 35.6 Å². The smallest absolute Gasteiger partial charge is 2.00 e. The Morgan fingerprint density at radius 3 is 0.545 bits per heavy atom. The van der Waals surface area contributed by atoms with Gasteiger partial charge in [0, 0.05) is 0 Å². The summed E-state index contributed by atoms with van der Waals surface area (Å²) in [6.45, 7) is 7.85. The zero-order chi connectivity index (χ0) is 17.1. The van der Waals surface area contributed by atoms with E-state index in [1.54, 1.807) is 34.6 Å². The summed E-state index contributed by atoms with van der Waals surface area (Å²) >= 11 is -4.34. The molecule has 0 saturated heterocycles. The first-order chi connectivity index (χ1) is 8.80. The molecule has 0 bridgehead atoms. The number of rotatable bonds is 0. The third-order valence-electron chi connectivity index (χ3n) is 0. The van der Waals surface area contributed by atoms with E-state index in [-0.39, 0.29) is 169 Å². The maximum absolute atomic E-state index is 8.93. The first kappa shape index (κ1) is 56.3. The van der Waals surface area contributed by atoms with E-state index in [0.29, 0.717) is 0 Å². The Morgan fingerprint density at radius 2 is 0.545 bits per heavy atom. The summed E-state index contributed by atoms with van der Waals surface area (Å²) in [7, 11) is 0. The van der Waals surface area contributed by atoms with Crippen LogP contribution in [0.5, 0.6) is 0 Å². The molecule has 22 heavy (non-hydrogen) atoms. The molecule has 0 spiro atoms. The van der Waals surface area contributed by atoms with Crippen LogP contribution in [0, 0.1) is 0 Å². The fourth-order valence-electron chi connectivity index (χ4n) is 0. The summed E-state index contributed by atoms with van der Waals surface area (Å²) in [5.74, 6) is 0. The SMILES string of the molecule is CC[O-].CC[O-].CC[O-].CC[O-].CC[O-].[O]=[Ta](=[O])[O-].[Sr+2].[Sr+2].[Sr+2]. The van der Waals surface area contributed by atoms with Crippen LogP contribution in [0.3, 0.4) is 0 Å². The molecule has 0 aliphatic carbocycles. The minimum atomic E-state index is -4.34. The molecule has 0 heterocycles. The molecule has 8 nitrogen and oxygen atoms in total. The Kier molecular flexibility index (Phi) is 250. The van der Waals surface area contributed by atoms with Gasteiger partial charge in [0.25, 0.3) is 0 Å². The van der Waals surface area contributed by atoms with Gasteiger partial charge in [0.1, 0.15) is 0 Å². The molecule has 0 atom stereocenters. The van der Waals surface area contributed by atoms with Crippen molar-refractivity contribution in [1.29, 1.82) is 0 Å². The standard InChI is InChI=1S/5C2H5O.3O.3Sr.Ta/c5*1-2-3;;;;;;;/h5*2H2,1H3;;;;;;;/q5*-1;;;-1;3*+2;. The summed E-state index contributed by atoms with van der Waals surface area (Å²) in [5.41, 5.74) is 0. The van der Waals surface area contributed by atoms with Crippen LogP contribution in [0.2, 0.25) is 0 Å². The predicted molar refractivity (Wildman–Crippen MR) is 71.3 cm³/mol. The van der Waals surface area contributed by atoms with Crippen LogP contribution >= 0.6 is 0 Å². The van der Waals surface area contributed by atoms with Gasteiger partial charge in [0.05, 0.1) is 0 Å². The van der Waals surface area contributed by atoms with Gasteiger partial charge in [-0.15, -0.1) is 33.0 Å². The Hall–Kier alpha value is 4.54. The van der Waals surface area contributed by atoms with Crippen LogP contribution in [-0.2, 0) is 25.3 Å². The van der Waals surface area contributed by atoms with Crippen LogP contribution < -0.4 is 29.1 Å². The molecule has 0 aromatic carbocycles. The molecule has 0 aromatic heterocycles. The number of hydrogen-bond acceptors (Lipinski definition) is 8. The average molecular weight is 717 g/mol. The Labute approximate surface area is 252 Å². The molecule has 12 heteroatoms. The van der Waals surface area contributed by atoms with E-state index in [2.05, 4.69) is 0 Å². The molecule has 0 fully saturated rings. The van der Waals surface area contributed by atoms with Crippen molar-refractivity contribution in [3.8, 4) is 0 Å². The van der Waals surface area contributed by atoms with E-state index < -0.39 is 18.8 Å². The van der Waals surface area contributed by atoms with Gasteiger partial charge in [0.15, 0.2) is 0 Å². The molecular formula is C10H25O8Sr3Ta. The van der Waals surface area contributed by atoms with Crippen molar-refractivity contribution in [2.24, 2.45) is 0 Å². The second kappa shape index (κ2) is 97.8. The molecule has 0 aliphatic heterocycles. The predicted octanol–water partition coefficient (Wildman–Crippen LogP) is -5.74. The normalized spacial score (nSPS) is 5.23. The zero-order valence-corrected chi connectivity index (χ0v) is 28.0. The van der Waals surface area contributed by atoms with Crippen molar-refractivity contribution < 1.29 is 54.4 Å². The van der Waals surface area contributed by atoms with Gasteiger partial charge in [-0.2, -0.15) is 0 Å². The van der Waals surface area contributed by atoms with Crippen molar-refractivity contribution in [2.75, 3.05) is 33.0 Å². The van der Waals surface area contributed by atoms with E-state index in [9.17, 15) is 0 Å². The van der Waals surface area contributed by atoms with Gasteiger partial charge in [-0.25, -0.2) is 0 Å². The fraction of sp³-hybridized carbons (Fsp3) is 1.00. The molecule has 0 aliphatic rings. The molecule has 0 unspecified atom stereocenters. The fourth-order valence-corrected chi connectivity index (χ4v) is 0. The van der Waals surface area contributed by atoms with Gasteiger partial charge >= 0.3 is 165 Å². The van der Waals surface area contributed by atoms with Crippen molar-refractivity contribution in [3.63, 3.8) is 0 Å². The van der Waals surface area contributed by atoms with E-state index >= 15 is 0 Å². The van der Waals surface area contributed by atoms with Gasteiger partial charge in [-0.3, -0.25) is 0 Å². The van der Waals surface area contributed by atoms with E-state index in [1.807, 2.05) is 0 Å². The summed E-state index contributed by atoms with van der Waals surface area (Å²) in [6.07, 6.45) is 0. The Balaban J connectivity index is -0.0000000129. The Morgan fingerprint density at radius 1 is 0.545 bits per heavy atom. The van der Waals surface area contributed by atoms with Crippen molar-refractivity contribution in [2.45, 2.75) is 34.6 Å². The van der Waals surface area contributed by atoms with E-state index in [1.165, 1.54) is 0 Å². The average Bonchev–Trinajstić information content (AvgIpc) is 2.21. The third-order valence-corrected chi connectivity index (χ3v) is 0. The second-order valence-corrected chi connectivity index (χ2v) is 3.27. The molecule has 0 saturated carbocycles. The summed E-state index contributed by atoms with van der Waals surface area (Å²) in [6, 6.07) is 0. The zero-order valence-electron chi connectivity index (χ0n) is 14.4. The van der Waals surface area contributed by atoms with E-state index in [0.717, 1.165) is 0 Å². The van der Waals surface area contributed by atoms with Crippen LogP contribution in [0.4, 0.5) is 0 Å². The van der Waals surface area contributed by atoms with Gasteiger partial charge in [-0.05, 0) is 0 Å². The number of hydrogen-bond donors (Lipinski definition) is 0. The van der Waals surface area contributed by atoms with Gasteiger partial charge in [-0.1, -0.05) is 34.6 Å². The topological polar surface area (TPSA) is 172 Å². The summed E-state index contributed by atoms with van der Waals surface area (Å²) < 4.78 is 25.9. The second-order valence-electron chi connectivity index (χ2n) is 1.67. The van der Waals surface area contributed by atoms with Crippen LogP contribution in [0.15, 0.2) is 0 Å². The molecule has 0 amide bonds. The van der Waals surface area contributed by atoms with Gasteiger partial charge in [0.2, 0.25) is 0 Å². The minimum Gasteiger partial charge on any atom is 2.00 e.